The van der Waals surface area contributed by atoms with Crippen LogP contribution in [0.5, 0.6) is 0 Å². The number of nitrogens with zero attached hydrogens (tertiary/aromatic N) is 3. The zero-order valence-corrected chi connectivity index (χ0v) is 9.13. The molecule has 0 aromatic carbocycles. The zero-order valence-electron chi connectivity index (χ0n) is 8.32. The Morgan fingerprint density at radius 1 is 1.64 bits per heavy atom. The van der Waals surface area contributed by atoms with Crippen molar-refractivity contribution in [2.75, 3.05) is 25.5 Å². The third kappa shape index (κ3) is 1.87. The Hall–Kier alpha value is -0.720. The minimum absolute atomic E-state index is 0.511. The molecule has 0 aliphatic carbocycles. The largest absolute Gasteiger partial charge is 0.388 e. The number of aliphatic hydroxyl groups is 1. The van der Waals surface area contributed by atoms with Crippen LogP contribution in [-0.4, -0.2) is 45.3 Å². The summed E-state index contributed by atoms with van der Waals surface area (Å²) in [6.07, 6.45) is 0. The van der Waals surface area contributed by atoms with Crippen molar-refractivity contribution in [2.24, 2.45) is 0 Å². The Morgan fingerprint density at radius 3 is 2.93 bits per heavy atom. The van der Waals surface area contributed by atoms with E-state index in [1.807, 2.05) is 14.0 Å². The third-order valence-electron chi connectivity index (χ3n) is 2.28. The summed E-state index contributed by atoms with van der Waals surface area (Å²) in [7, 11) is 1.87. The molecule has 0 amide bonds. The second kappa shape index (κ2) is 3.45. The van der Waals surface area contributed by atoms with Gasteiger partial charge in [-0.2, -0.15) is 0 Å². The number of anilines is 1. The molecule has 1 aromatic rings. The molecule has 1 aromatic heterocycles. The molecule has 1 aliphatic heterocycles. The van der Waals surface area contributed by atoms with Crippen LogP contribution in [0.4, 0.5) is 5.00 Å². The van der Waals surface area contributed by atoms with Gasteiger partial charge in [-0.15, -0.1) is 5.10 Å². The first-order chi connectivity index (χ1) is 6.61. The van der Waals surface area contributed by atoms with Crippen LogP contribution in [0.1, 0.15) is 12.6 Å². The van der Waals surface area contributed by atoms with Gasteiger partial charge in [-0.3, -0.25) is 4.90 Å². The van der Waals surface area contributed by atoms with Gasteiger partial charge in [-0.25, -0.2) is 0 Å². The third-order valence-corrected chi connectivity index (χ3v) is 3.07. The molecule has 2 rings (SSSR count). The van der Waals surface area contributed by atoms with Gasteiger partial charge in [-0.1, -0.05) is 4.49 Å². The van der Waals surface area contributed by atoms with E-state index >= 15 is 0 Å². The molecule has 2 heterocycles. The minimum Gasteiger partial charge on any atom is -0.388 e. The standard InChI is InChI=1S/C8H14N4OS/c1-8(13)4-12(5-8)3-6-7(9-2)14-11-10-6/h9,13H,3-5H2,1-2H3. The lowest BCUT2D eigenvalue weighted by Gasteiger charge is -2.43. The van der Waals surface area contributed by atoms with E-state index in [0.29, 0.717) is 13.1 Å². The van der Waals surface area contributed by atoms with Crippen molar-refractivity contribution in [1.29, 1.82) is 0 Å². The first-order valence-electron chi connectivity index (χ1n) is 4.54. The summed E-state index contributed by atoms with van der Waals surface area (Å²) in [5, 5.41) is 17.7. The summed E-state index contributed by atoms with van der Waals surface area (Å²) < 4.78 is 3.88. The van der Waals surface area contributed by atoms with Crippen molar-refractivity contribution in [3.05, 3.63) is 5.69 Å². The molecule has 1 fully saturated rings. The van der Waals surface area contributed by atoms with Gasteiger partial charge in [0.2, 0.25) is 0 Å². The van der Waals surface area contributed by atoms with Crippen LogP contribution in [0.15, 0.2) is 0 Å². The maximum absolute atomic E-state index is 9.55. The van der Waals surface area contributed by atoms with Gasteiger partial charge in [0.15, 0.2) is 0 Å². The lowest BCUT2D eigenvalue weighted by molar-refractivity contribution is -0.0874. The average molecular weight is 214 g/mol. The van der Waals surface area contributed by atoms with Crippen molar-refractivity contribution in [3.63, 3.8) is 0 Å². The topological polar surface area (TPSA) is 61.3 Å². The Morgan fingerprint density at radius 2 is 2.36 bits per heavy atom. The van der Waals surface area contributed by atoms with Crippen LogP contribution in [0, 0.1) is 0 Å². The molecule has 0 unspecified atom stereocenters. The predicted molar refractivity (Wildman–Crippen MR) is 55.4 cm³/mol. The van der Waals surface area contributed by atoms with Gasteiger partial charge >= 0.3 is 0 Å². The lowest BCUT2D eigenvalue weighted by atomic mass is 9.97. The summed E-state index contributed by atoms with van der Waals surface area (Å²) in [4.78, 5) is 2.15. The van der Waals surface area contributed by atoms with Gasteiger partial charge in [0.1, 0.15) is 10.7 Å². The second-order valence-corrected chi connectivity index (χ2v) is 4.69. The van der Waals surface area contributed by atoms with Crippen molar-refractivity contribution in [1.82, 2.24) is 14.5 Å². The summed E-state index contributed by atoms with van der Waals surface area (Å²) in [5.41, 5.74) is 0.455. The number of nitrogens with one attached hydrogen (secondary N) is 1. The van der Waals surface area contributed by atoms with Crippen molar-refractivity contribution < 1.29 is 5.11 Å². The van der Waals surface area contributed by atoms with E-state index in [1.54, 1.807) is 0 Å². The van der Waals surface area contributed by atoms with Gasteiger partial charge in [0, 0.05) is 38.2 Å². The summed E-state index contributed by atoms with van der Waals surface area (Å²) in [6.45, 7) is 4.05. The van der Waals surface area contributed by atoms with Crippen molar-refractivity contribution in [3.8, 4) is 0 Å². The molecular formula is C8H14N4OS. The van der Waals surface area contributed by atoms with E-state index < -0.39 is 5.60 Å². The molecule has 14 heavy (non-hydrogen) atoms. The van der Waals surface area contributed by atoms with E-state index in [1.165, 1.54) is 11.5 Å². The van der Waals surface area contributed by atoms with Crippen LogP contribution >= 0.6 is 11.5 Å². The minimum atomic E-state index is -0.511. The molecule has 2 N–H and O–H groups in total. The molecule has 6 heteroatoms. The smallest absolute Gasteiger partial charge is 0.134 e. The van der Waals surface area contributed by atoms with Crippen LogP contribution in [0.3, 0.4) is 0 Å². The maximum atomic E-state index is 9.55. The fourth-order valence-corrected chi connectivity index (χ4v) is 2.27. The Balaban J connectivity index is 1.93. The molecular weight excluding hydrogens is 200 g/mol. The number of likely N-dealkylation sites (tertiary alicyclic amines) is 1. The summed E-state index contributed by atoms with van der Waals surface area (Å²) in [6, 6.07) is 0. The van der Waals surface area contributed by atoms with E-state index in [4.69, 9.17) is 0 Å². The predicted octanol–water partition coefficient (Wildman–Crippen LogP) is 0.146. The fourth-order valence-electron chi connectivity index (χ4n) is 1.74. The van der Waals surface area contributed by atoms with E-state index in [2.05, 4.69) is 19.8 Å². The molecule has 0 spiro atoms. The molecule has 0 bridgehead atoms. The van der Waals surface area contributed by atoms with Gasteiger partial charge in [0.25, 0.3) is 0 Å². The fraction of sp³-hybridized carbons (Fsp3) is 0.750. The molecule has 5 nitrogen and oxygen atoms in total. The van der Waals surface area contributed by atoms with Crippen LogP contribution in [-0.2, 0) is 6.54 Å². The highest BCUT2D eigenvalue weighted by molar-refractivity contribution is 7.10. The van der Waals surface area contributed by atoms with Gasteiger partial charge in [-0.05, 0) is 6.92 Å². The zero-order chi connectivity index (χ0) is 10.2. The molecule has 1 saturated heterocycles. The monoisotopic (exact) mass is 214 g/mol. The molecule has 0 radical (unpaired) electrons. The quantitative estimate of drug-likeness (QED) is 0.750. The molecule has 0 atom stereocenters. The lowest BCUT2D eigenvalue weighted by Crippen LogP contribution is -2.59. The van der Waals surface area contributed by atoms with Crippen LogP contribution in [0.25, 0.3) is 0 Å². The first-order valence-corrected chi connectivity index (χ1v) is 5.32. The van der Waals surface area contributed by atoms with Gasteiger partial charge < -0.3 is 10.4 Å². The highest BCUT2D eigenvalue weighted by atomic mass is 32.1. The van der Waals surface area contributed by atoms with Crippen molar-refractivity contribution >= 4 is 16.5 Å². The normalized spacial score (nSPS) is 20.5. The number of β-amino-alcohol motifs (C(OH)–C–C–N with tert-alkyl or cyclic N) is 1. The number of hydrogen-bond donors (Lipinski definition) is 2. The molecule has 1 aliphatic rings. The van der Waals surface area contributed by atoms with Crippen LogP contribution < -0.4 is 5.32 Å². The SMILES string of the molecule is CNc1snnc1CN1CC(C)(O)C1. The van der Waals surface area contributed by atoms with Gasteiger partial charge in [0.05, 0.1) is 5.60 Å². The summed E-state index contributed by atoms with van der Waals surface area (Å²) in [5.74, 6) is 0. The highest BCUT2D eigenvalue weighted by Gasteiger charge is 2.36. The van der Waals surface area contributed by atoms with E-state index in [-0.39, 0.29) is 0 Å². The maximum Gasteiger partial charge on any atom is 0.134 e. The number of hydrogen-bond acceptors (Lipinski definition) is 6. The molecule has 0 saturated carbocycles. The Kier molecular flexibility index (Phi) is 2.42. The van der Waals surface area contributed by atoms with Crippen molar-refractivity contribution in [2.45, 2.75) is 19.1 Å². The van der Waals surface area contributed by atoms with E-state index in [0.717, 1.165) is 17.2 Å². The Bertz CT molecular complexity index is 317. The average Bonchev–Trinajstić information content (AvgIpc) is 2.48. The molecule has 78 valence electrons. The second-order valence-electron chi connectivity index (χ2n) is 3.94. The number of rotatable bonds is 3. The Labute approximate surface area is 86.9 Å². The van der Waals surface area contributed by atoms with Crippen LogP contribution in [0.2, 0.25) is 0 Å². The van der Waals surface area contributed by atoms with E-state index in [9.17, 15) is 5.11 Å². The number of aromatic nitrogens is 2. The summed E-state index contributed by atoms with van der Waals surface area (Å²) >= 11 is 1.36. The first kappa shape index (κ1) is 9.82. The highest BCUT2D eigenvalue weighted by Crippen LogP contribution is 2.25.